The van der Waals surface area contributed by atoms with Gasteiger partial charge in [0.2, 0.25) is 0 Å². The van der Waals surface area contributed by atoms with Crippen molar-refractivity contribution in [1.29, 1.82) is 0 Å². The summed E-state index contributed by atoms with van der Waals surface area (Å²) in [5, 5.41) is 1.39. The predicted molar refractivity (Wildman–Crippen MR) is 83.4 cm³/mol. The molecule has 0 saturated heterocycles. The van der Waals surface area contributed by atoms with Crippen molar-refractivity contribution in [3.8, 4) is 12.3 Å². The Labute approximate surface area is 122 Å². The molecule has 0 unspecified atom stereocenters. The highest BCUT2D eigenvalue weighted by atomic mass is 16.4. The van der Waals surface area contributed by atoms with Gasteiger partial charge in [-0.3, -0.25) is 0 Å². The molecule has 0 fully saturated rings. The van der Waals surface area contributed by atoms with Gasteiger partial charge in [-0.15, -0.1) is 12.3 Å². The number of terminal acetylenes is 1. The lowest BCUT2D eigenvalue weighted by Crippen LogP contribution is -1.98. The molecule has 106 valence electrons. The molecular weight excluding hydrogens is 264 g/mol. The standard InChI is InChI=1S/C18H16O3/c1-3-4-5-6-9-13-11-14-17(20-13)16-12(2)8-7-10-15(16)21-18(14)19/h1,7-8,10-11H,4-6,9H2,2H3. The van der Waals surface area contributed by atoms with E-state index in [9.17, 15) is 4.79 Å². The molecule has 3 nitrogen and oxygen atoms in total. The molecule has 0 amide bonds. The Morgan fingerprint density at radius 2 is 2.10 bits per heavy atom. The van der Waals surface area contributed by atoms with Crippen molar-refractivity contribution in [2.24, 2.45) is 0 Å². The van der Waals surface area contributed by atoms with Gasteiger partial charge < -0.3 is 8.83 Å². The Hall–Kier alpha value is -2.47. The van der Waals surface area contributed by atoms with Crippen LogP contribution in [-0.4, -0.2) is 0 Å². The zero-order valence-corrected chi connectivity index (χ0v) is 11.9. The van der Waals surface area contributed by atoms with Gasteiger partial charge in [0.15, 0.2) is 5.58 Å². The number of hydrogen-bond acceptors (Lipinski definition) is 3. The largest absolute Gasteiger partial charge is 0.460 e. The van der Waals surface area contributed by atoms with Crippen LogP contribution in [0.5, 0.6) is 0 Å². The highest BCUT2D eigenvalue weighted by Crippen LogP contribution is 2.28. The normalized spacial score (nSPS) is 11.0. The van der Waals surface area contributed by atoms with Gasteiger partial charge in [-0.05, 0) is 37.5 Å². The van der Waals surface area contributed by atoms with E-state index >= 15 is 0 Å². The number of benzene rings is 1. The average Bonchev–Trinajstić information content (AvgIpc) is 2.88. The van der Waals surface area contributed by atoms with Gasteiger partial charge in [-0.2, -0.15) is 0 Å². The molecule has 0 saturated carbocycles. The fraction of sp³-hybridized carbons (Fsp3) is 0.278. The minimum absolute atomic E-state index is 0.346. The zero-order valence-electron chi connectivity index (χ0n) is 11.9. The first-order valence-electron chi connectivity index (χ1n) is 7.09. The van der Waals surface area contributed by atoms with Gasteiger partial charge in [-0.25, -0.2) is 4.79 Å². The summed E-state index contributed by atoms with van der Waals surface area (Å²) in [5.74, 6) is 3.44. The van der Waals surface area contributed by atoms with Crippen LogP contribution in [0.2, 0.25) is 0 Å². The molecule has 0 spiro atoms. The molecule has 3 rings (SSSR count). The summed E-state index contributed by atoms with van der Waals surface area (Å²) in [6, 6.07) is 7.44. The maximum atomic E-state index is 12.0. The van der Waals surface area contributed by atoms with Crippen LogP contribution < -0.4 is 5.63 Å². The van der Waals surface area contributed by atoms with Crippen LogP contribution in [0.4, 0.5) is 0 Å². The number of unbranched alkanes of at least 4 members (excludes halogenated alkanes) is 2. The number of furan rings is 1. The maximum Gasteiger partial charge on any atom is 0.347 e. The Kier molecular flexibility index (Phi) is 3.53. The van der Waals surface area contributed by atoms with E-state index in [0.717, 1.165) is 42.4 Å². The molecule has 0 radical (unpaired) electrons. The molecule has 0 atom stereocenters. The minimum Gasteiger partial charge on any atom is -0.460 e. The van der Waals surface area contributed by atoms with Gasteiger partial charge in [0.05, 0.1) is 5.39 Å². The average molecular weight is 280 g/mol. The summed E-state index contributed by atoms with van der Waals surface area (Å²) in [4.78, 5) is 12.0. The highest BCUT2D eigenvalue weighted by Gasteiger charge is 2.14. The van der Waals surface area contributed by atoms with E-state index in [1.165, 1.54) is 0 Å². The first-order valence-corrected chi connectivity index (χ1v) is 7.09. The monoisotopic (exact) mass is 280 g/mol. The van der Waals surface area contributed by atoms with E-state index in [2.05, 4.69) is 5.92 Å². The van der Waals surface area contributed by atoms with E-state index in [0.29, 0.717) is 16.6 Å². The van der Waals surface area contributed by atoms with Gasteiger partial charge >= 0.3 is 5.63 Å². The summed E-state index contributed by atoms with van der Waals surface area (Å²) in [5.41, 5.74) is 1.89. The lowest BCUT2D eigenvalue weighted by Gasteiger charge is -2.00. The van der Waals surface area contributed by atoms with Gasteiger partial charge in [-0.1, -0.05) is 12.1 Å². The Bertz CT molecular complexity index is 890. The van der Waals surface area contributed by atoms with E-state index in [1.807, 2.05) is 19.1 Å². The SMILES string of the molecule is C#CCCCCc1cc2c(=O)oc3cccc(C)c3c2o1. The number of fused-ring (bicyclic) bond motifs is 3. The summed E-state index contributed by atoms with van der Waals surface area (Å²) in [6.45, 7) is 1.98. The molecule has 2 heterocycles. The molecule has 2 aromatic heterocycles. The second-order valence-electron chi connectivity index (χ2n) is 5.20. The number of aryl methyl sites for hydroxylation is 2. The first kappa shape index (κ1) is 13.5. The van der Waals surface area contributed by atoms with Crippen LogP contribution in [0.15, 0.2) is 37.9 Å². The van der Waals surface area contributed by atoms with Crippen molar-refractivity contribution in [2.45, 2.75) is 32.6 Å². The van der Waals surface area contributed by atoms with Crippen LogP contribution in [0, 0.1) is 19.3 Å². The Balaban J connectivity index is 2.08. The smallest absolute Gasteiger partial charge is 0.347 e. The quantitative estimate of drug-likeness (QED) is 0.409. The summed E-state index contributed by atoms with van der Waals surface area (Å²) in [7, 11) is 0. The van der Waals surface area contributed by atoms with Crippen LogP contribution in [0.25, 0.3) is 21.9 Å². The summed E-state index contributed by atoms with van der Waals surface area (Å²) < 4.78 is 11.3. The minimum atomic E-state index is -0.346. The van der Waals surface area contributed by atoms with Crippen molar-refractivity contribution >= 4 is 21.9 Å². The topological polar surface area (TPSA) is 43.4 Å². The van der Waals surface area contributed by atoms with Gasteiger partial charge in [0.25, 0.3) is 0 Å². The van der Waals surface area contributed by atoms with E-state index < -0.39 is 0 Å². The van der Waals surface area contributed by atoms with Crippen molar-refractivity contribution in [2.75, 3.05) is 0 Å². The van der Waals surface area contributed by atoms with Crippen LogP contribution >= 0.6 is 0 Å². The molecule has 21 heavy (non-hydrogen) atoms. The molecule has 0 N–H and O–H groups in total. The van der Waals surface area contributed by atoms with Crippen LogP contribution in [-0.2, 0) is 6.42 Å². The fourth-order valence-electron chi connectivity index (χ4n) is 2.60. The van der Waals surface area contributed by atoms with Crippen molar-refractivity contribution < 1.29 is 8.83 Å². The Morgan fingerprint density at radius 1 is 1.24 bits per heavy atom. The maximum absolute atomic E-state index is 12.0. The van der Waals surface area contributed by atoms with E-state index in [-0.39, 0.29) is 5.63 Å². The molecule has 3 aromatic rings. The fourth-order valence-corrected chi connectivity index (χ4v) is 2.60. The molecule has 0 aliphatic carbocycles. The van der Waals surface area contributed by atoms with Crippen molar-refractivity contribution in [1.82, 2.24) is 0 Å². The molecule has 0 bridgehead atoms. The molecule has 3 heteroatoms. The second kappa shape index (κ2) is 5.49. The summed E-state index contributed by atoms with van der Waals surface area (Å²) >= 11 is 0. The Morgan fingerprint density at radius 3 is 2.90 bits per heavy atom. The van der Waals surface area contributed by atoms with Crippen molar-refractivity contribution in [3.05, 3.63) is 46.0 Å². The van der Waals surface area contributed by atoms with Gasteiger partial charge in [0, 0.05) is 12.8 Å². The highest BCUT2D eigenvalue weighted by molar-refractivity contribution is 6.02. The molecule has 1 aromatic carbocycles. The zero-order chi connectivity index (χ0) is 14.8. The lowest BCUT2D eigenvalue weighted by atomic mass is 10.1. The van der Waals surface area contributed by atoms with E-state index in [4.69, 9.17) is 15.3 Å². The summed E-state index contributed by atoms with van der Waals surface area (Å²) in [6.07, 6.45) is 8.70. The van der Waals surface area contributed by atoms with E-state index in [1.54, 1.807) is 12.1 Å². The van der Waals surface area contributed by atoms with Gasteiger partial charge in [0.1, 0.15) is 16.7 Å². The first-order chi connectivity index (χ1) is 10.2. The molecule has 0 aliphatic rings. The number of rotatable bonds is 4. The second-order valence-corrected chi connectivity index (χ2v) is 5.20. The lowest BCUT2D eigenvalue weighted by molar-refractivity contribution is 0.532. The third kappa shape index (κ3) is 2.45. The van der Waals surface area contributed by atoms with Crippen molar-refractivity contribution in [3.63, 3.8) is 0 Å². The van der Waals surface area contributed by atoms with Crippen LogP contribution in [0.3, 0.4) is 0 Å². The third-order valence-corrected chi connectivity index (χ3v) is 3.66. The molecule has 0 aliphatic heterocycles. The number of hydrogen-bond donors (Lipinski definition) is 0. The third-order valence-electron chi connectivity index (χ3n) is 3.66. The molecular formula is C18H16O3. The predicted octanol–water partition coefficient (Wildman–Crippen LogP) is 4.19. The van der Waals surface area contributed by atoms with Crippen LogP contribution in [0.1, 0.15) is 30.6 Å².